The van der Waals surface area contributed by atoms with Crippen molar-refractivity contribution in [1.29, 1.82) is 0 Å². The van der Waals surface area contributed by atoms with Gasteiger partial charge in [0.2, 0.25) is 0 Å². The van der Waals surface area contributed by atoms with E-state index in [2.05, 4.69) is 4.74 Å². The van der Waals surface area contributed by atoms with Crippen molar-refractivity contribution < 1.29 is 28.8 Å². The van der Waals surface area contributed by atoms with Gasteiger partial charge in [0.25, 0.3) is 11.6 Å². The minimum Gasteiger partial charge on any atom is -0.476 e. The Balaban J connectivity index is 3.27. The molecule has 1 amide bonds. The van der Waals surface area contributed by atoms with Crippen LogP contribution in [0.5, 0.6) is 5.75 Å². The smallest absolute Gasteiger partial charge is 0.310 e. The van der Waals surface area contributed by atoms with Crippen LogP contribution >= 0.6 is 0 Å². The number of hydrogen-bond donors (Lipinski definition) is 1. The van der Waals surface area contributed by atoms with Gasteiger partial charge in [-0.05, 0) is 13.0 Å². The molecule has 1 aromatic rings. The van der Waals surface area contributed by atoms with E-state index >= 15 is 0 Å². The highest BCUT2D eigenvalue weighted by atomic mass is 16.6. The zero-order valence-electron chi connectivity index (χ0n) is 11.9. The maximum atomic E-state index is 11.6. The van der Waals surface area contributed by atoms with Crippen LogP contribution in [0.2, 0.25) is 0 Å². The lowest BCUT2D eigenvalue weighted by Crippen LogP contribution is -2.48. The monoisotopic (exact) mass is 310 g/mol. The lowest BCUT2D eigenvalue weighted by molar-refractivity contribution is -0.385. The molecule has 0 bridgehead atoms. The zero-order chi connectivity index (χ0) is 16.9. The third-order valence-corrected chi connectivity index (χ3v) is 2.92. The van der Waals surface area contributed by atoms with Crippen molar-refractivity contribution in [3.8, 4) is 5.75 Å². The summed E-state index contributed by atoms with van der Waals surface area (Å²) in [6.07, 6.45) is -0.285. The first-order chi connectivity index (χ1) is 10.2. The predicted molar refractivity (Wildman–Crippen MR) is 73.3 cm³/mol. The van der Waals surface area contributed by atoms with E-state index in [0.717, 1.165) is 13.2 Å². The zero-order valence-corrected chi connectivity index (χ0v) is 11.9. The van der Waals surface area contributed by atoms with Gasteiger partial charge in [0.15, 0.2) is 11.9 Å². The number of esters is 1. The highest BCUT2D eigenvalue weighted by molar-refractivity contribution is 5.90. The second-order valence-electron chi connectivity index (χ2n) is 4.51. The van der Waals surface area contributed by atoms with E-state index < -0.39 is 34.5 Å². The first-order valence-corrected chi connectivity index (χ1v) is 6.03. The molecule has 0 heterocycles. The number of nitro groups is 1. The van der Waals surface area contributed by atoms with Crippen LogP contribution in [-0.2, 0) is 14.3 Å². The number of aldehydes is 1. The summed E-state index contributed by atoms with van der Waals surface area (Å²) in [5.74, 6) is -1.98. The van der Waals surface area contributed by atoms with Gasteiger partial charge in [-0.15, -0.1) is 0 Å². The molecular formula is C13H14N2O7. The largest absolute Gasteiger partial charge is 0.476 e. The number of nitrogens with two attached hydrogens (primary N) is 1. The number of carbonyl (C=O) groups is 3. The Morgan fingerprint density at radius 2 is 2.09 bits per heavy atom. The van der Waals surface area contributed by atoms with Gasteiger partial charge in [0.05, 0.1) is 18.5 Å². The molecule has 0 saturated heterocycles. The van der Waals surface area contributed by atoms with Gasteiger partial charge in [0.1, 0.15) is 11.3 Å². The predicted octanol–water partition coefficient (Wildman–Crippen LogP) is 0.593. The summed E-state index contributed by atoms with van der Waals surface area (Å²) < 4.78 is 9.79. The van der Waals surface area contributed by atoms with E-state index in [9.17, 15) is 24.5 Å². The minimum absolute atomic E-state index is 0.227. The van der Waals surface area contributed by atoms with E-state index in [1.165, 1.54) is 19.1 Å². The van der Waals surface area contributed by atoms with Crippen molar-refractivity contribution >= 4 is 23.9 Å². The van der Waals surface area contributed by atoms with Crippen LogP contribution in [0, 0.1) is 10.1 Å². The number of rotatable bonds is 7. The Kier molecular flexibility index (Phi) is 5.17. The van der Waals surface area contributed by atoms with E-state index in [1.54, 1.807) is 0 Å². The molecule has 0 spiro atoms. The van der Waals surface area contributed by atoms with Gasteiger partial charge in [-0.1, -0.05) is 6.07 Å². The number of benzene rings is 1. The Bertz CT molecular complexity index is 629. The van der Waals surface area contributed by atoms with Gasteiger partial charge in [-0.2, -0.15) is 0 Å². The number of nitrogens with zero attached hydrogens (tertiary/aromatic N) is 1. The molecule has 1 aromatic carbocycles. The highest BCUT2D eigenvalue weighted by Gasteiger charge is 2.38. The number of methoxy groups -OCH3 is 1. The van der Waals surface area contributed by atoms with Crippen LogP contribution in [0.3, 0.4) is 0 Å². The van der Waals surface area contributed by atoms with Crippen molar-refractivity contribution in [3.05, 3.63) is 33.9 Å². The molecule has 1 unspecified atom stereocenters. The van der Waals surface area contributed by atoms with Gasteiger partial charge in [0, 0.05) is 6.07 Å². The average Bonchev–Trinajstić information content (AvgIpc) is 2.46. The van der Waals surface area contributed by atoms with Gasteiger partial charge in [-0.3, -0.25) is 24.5 Å². The molecule has 0 radical (unpaired) electrons. The van der Waals surface area contributed by atoms with E-state index in [0.29, 0.717) is 0 Å². The summed E-state index contributed by atoms with van der Waals surface area (Å²) in [6, 6.07) is 3.65. The van der Waals surface area contributed by atoms with Gasteiger partial charge in [-0.25, -0.2) is 0 Å². The molecule has 0 aliphatic carbocycles. The lowest BCUT2D eigenvalue weighted by atomic mass is 10.0. The third kappa shape index (κ3) is 3.57. The first kappa shape index (κ1) is 17.1. The van der Waals surface area contributed by atoms with E-state index in [1.807, 2.05) is 0 Å². The summed E-state index contributed by atoms with van der Waals surface area (Å²) in [7, 11) is 1.12. The molecule has 0 aliphatic heterocycles. The number of ether oxygens (including phenoxy) is 2. The summed E-state index contributed by atoms with van der Waals surface area (Å²) in [4.78, 5) is 44.1. The molecule has 0 aromatic heterocycles. The van der Waals surface area contributed by atoms with Gasteiger partial charge >= 0.3 is 5.97 Å². The second kappa shape index (κ2) is 6.66. The molecule has 0 saturated carbocycles. The van der Waals surface area contributed by atoms with Crippen LogP contribution in [0.25, 0.3) is 0 Å². The molecule has 0 fully saturated rings. The highest BCUT2D eigenvalue weighted by Crippen LogP contribution is 2.30. The quantitative estimate of drug-likeness (QED) is 0.336. The Labute approximate surface area is 125 Å². The van der Waals surface area contributed by atoms with Crippen molar-refractivity contribution in [3.63, 3.8) is 0 Å². The van der Waals surface area contributed by atoms with E-state index in [-0.39, 0.29) is 17.6 Å². The number of hydrogen-bond acceptors (Lipinski definition) is 7. The first-order valence-electron chi connectivity index (χ1n) is 6.03. The molecule has 2 N–H and O–H groups in total. The number of primary amides is 1. The molecule has 9 heteroatoms. The van der Waals surface area contributed by atoms with Crippen LogP contribution < -0.4 is 10.5 Å². The number of carbonyl (C=O) groups excluding carboxylic acids is 3. The fourth-order valence-corrected chi connectivity index (χ4v) is 1.66. The van der Waals surface area contributed by atoms with Crippen LogP contribution in [0.4, 0.5) is 5.69 Å². The van der Waals surface area contributed by atoms with Crippen LogP contribution in [-0.4, -0.2) is 35.8 Å². The lowest BCUT2D eigenvalue weighted by Gasteiger charge is -2.26. The molecule has 0 aliphatic rings. The molecule has 118 valence electrons. The second-order valence-corrected chi connectivity index (χ2v) is 4.51. The van der Waals surface area contributed by atoms with Crippen molar-refractivity contribution in [1.82, 2.24) is 0 Å². The molecule has 1 rings (SSSR count). The normalized spacial score (nSPS) is 12.8. The van der Waals surface area contributed by atoms with Gasteiger partial charge < -0.3 is 15.2 Å². The number of nitro benzene ring substituents is 1. The molecule has 22 heavy (non-hydrogen) atoms. The molecule has 9 nitrogen and oxygen atoms in total. The van der Waals surface area contributed by atoms with Crippen molar-refractivity contribution in [2.45, 2.75) is 18.9 Å². The summed E-state index contributed by atoms with van der Waals surface area (Å²) in [6.45, 7) is 1.22. The Hall–Kier alpha value is -2.97. The van der Waals surface area contributed by atoms with Crippen LogP contribution in [0.1, 0.15) is 23.7 Å². The minimum atomic E-state index is -1.82. The SMILES string of the molecule is COC(=O)CC(C)(Oc1cccc([N+](=O)[O-])c1C=O)C(N)=O. The third-order valence-electron chi connectivity index (χ3n) is 2.92. The number of amides is 1. The maximum absolute atomic E-state index is 11.6. The summed E-state index contributed by atoms with van der Waals surface area (Å²) >= 11 is 0. The molecule has 1 atom stereocenters. The van der Waals surface area contributed by atoms with E-state index in [4.69, 9.17) is 10.5 Å². The molecular weight excluding hydrogens is 296 g/mol. The van der Waals surface area contributed by atoms with Crippen molar-refractivity contribution in [2.24, 2.45) is 5.73 Å². The standard InChI is InChI=1S/C13H14N2O7/c1-13(12(14)18,6-11(17)21-2)22-10-5-3-4-9(15(19)20)8(10)7-16/h3-5,7H,6H2,1-2H3,(H2,14,18). The summed E-state index contributed by atoms with van der Waals surface area (Å²) in [5.41, 5.74) is 2.55. The Morgan fingerprint density at radius 1 is 1.45 bits per heavy atom. The Morgan fingerprint density at radius 3 is 2.55 bits per heavy atom. The average molecular weight is 310 g/mol. The van der Waals surface area contributed by atoms with Crippen molar-refractivity contribution in [2.75, 3.05) is 7.11 Å². The fraction of sp³-hybridized carbons (Fsp3) is 0.308. The summed E-state index contributed by atoms with van der Waals surface area (Å²) in [5, 5.41) is 10.9. The van der Waals surface area contributed by atoms with Crippen LogP contribution in [0.15, 0.2) is 18.2 Å². The maximum Gasteiger partial charge on any atom is 0.310 e. The fourth-order valence-electron chi connectivity index (χ4n) is 1.66. The topological polar surface area (TPSA) is 139 Å².